The van der Waals surface area contributed by atoms with Crippen LogP contribution in [0.25, 0.3) is 45.2 Å². The zero-order valence-electron chi connectivity index (χ0n) is 32.9. The first kappa shape index (κ1) is 36.4. The SMILES string of the molecule is [C-]#[N+]c1cccc2sc3cc(N(c4ccccc4)c4ccc5c(c4)sc4ccc(N(c6ccccc6)c6ccccc6)cc45)cc(N(c4ccccc4)c4ccccc4)c3c12. The summed E-state index contributed by atoms with van der Waals surface area (Å²) in [6.07, 6.45) is 0. The van der Waals surface area contributed by atoms with Crippen molar-refractivity contribution in [2.45, 2.75) is 0 Å². The predicted octanol–water partition coefficient (Wildman–Crippen LogP) is 17.4. The molecule has 0 fully saturated rings. The second-order valence-electron chi connectivity index (χ2n) is 14.8. The van der Waals surface area contributed by atoms with E-state index in [0.29, 0.717) is 5.69 Å². The molecule has 0 unspecified atom stereocenters. The average Bonchev–Trinajstić information content (AvgIpc) is 3.89. The minimum Gasteiger partial charge on any atom is -0.310 e. The summed E-state index contributed by atoms with van der Waals surface area (Å²) in [6.45, 7) is 8.20. The Morgan fingerprint density at radius 2 is 0.787 bits per heavy atom. The molecule has 0 spiro atoms. The fraction of sp³-hybridized carbons (Fsp3) is 0. The highest BCUT2D eigenvalue weighted by molar-refractivity contribution is 7.26. The molecule has 6 heteroatoms. The van der Waals surface area contributed by atoms with Crippen LogP contribution < -0.4 is 14.7 Å². The minimum atomic E-state index is 0.660. The monoisotopic (exact) mass is 816 g/mol. The summed E-state index contributed by atoms with van der Waals surface area (Å²) in [7, 11) is 0. The first-order valence-corrected chi connectivity index (χ1v) is 21.8. The summed E-state index contributed by atoms with van der Waals surface area (Å²) in [4.78, 5) is 11.1. The van der Waals surface area contributed by atoms with Gasteiger partial charge in [-0.15, -0.1) is 22.7 Å². The maximum atomic E-state index is 8.20. The van der Waals surface area contributed by atoms with E-state index in [2.05, 4.69) is 226 Å². The molecule has 0 saturated carbocycles. The third kappa shape index (κ3) is 6.54. The van der Waals surface area contributed by atoms with Crippen LogP contribution in [0.15, 0.2) is 218 Å². The molecule has 2 aromatic heterocycles. The standard InChI is InChI=1S/C55H36N4S2/c1-56-48-28-17-29-51-54(48)55-49(59(41-24-13-5-14-25-41)42-26-15-6-16-27-42)35-45(37-53(55)61-51)58(40-22-11-4-12-23-40)44-30-32-46-47-34-43(31-33-50(47)60-52(46)36-44)57(38-18-7-2-8-19-38)39-20-9-3-10-21-39/h2-37H. The van der Waals surface area contributed by atoms with Crippen molar-refractivity contribution in [3.05, 3.63) is 230 Å². The van der Waals surface area contributed by atoms with E-state index >= 15 is 0 Å². The molecule has 288 valence electrons. The van der Waals surface area contributed by atoms with Crippen molar-refractivity contribution in [3.8, 4) is 0 Å². The Kier molecular flexibility index (Phi) is 9.24. The maximum absolute atomic E-state index is 8.20. The molecule has 0 aliphatic heterocycles. The van der Waals surface area contributed by atoms with E-state index in [-0.39, 0.29) is 0 Å². The van der Waals surface area contributed by atoms with Crippen molar-refractivity contribution >= 4 is 120 Å². The summed E-state index contributed by atoms with van der Waals surface area (Å²) in [5, 5.41) is 4.53. The van der Waals surface area contributed by atoms with Crippen molar-refractivity contribution in [2.24, 2.45) is 0 Å². The Bertz CT molecular complexity index is 3300. The number of nitrogens with zero attached hydrogens (tertiary/aromatic N) is 4. The lowest BCUT2D eigenvalue weighted by Crippen LogP contribution is -2.13. The molecule has 61 heavy (non-hydrogen) atoms. The molecule has 11 aromatic rings. The van der Waals surface area contributed by atoms with Gasteiger partial charge in [0.15, 0.2) is 5.69 Å². The molecule has 9 aromatic carbocycles. The molecule has 0 bridgehead atoms. The summed E-state index contributed by atoms with van der Waals surface area (Å²) in [6, 6.07) is 77.3. The van der Waals surface area contributed by atoms with E-state index < -0.39 is 0 Å². The van der Waals surface area contributed by atoms with Gasteiger partial charge in [0.1, 0.15) is 0 Å². The highest BCUT2D eigenvalue weighted by Crippen LogP contribution is 2.51. The molecular formula is C55H36N4S2. The van der Waals surface area contributed by atoms with Gasteiger partial charge < -0.3 is 14.7 Å². The Morgan fingerprint density at radius 1 is 0.311 bits per heavy atom. The number of thiophene rings is 2. The van der Waals surface area contributed by atoms with Gasteiger partial charge in [0.25, 0.3) is 0 Å². The molecular weight excluding hydrogens is 781 g/mol. The van der Waals surface area contributed by atoms with Crippen LogP contribution in [0.1, 0.15) is 0 Å². The van der Waals surface area contributed by atoms with Crippen molar-refractivity contribution in [1.82, 2.24) is 0 Å². The van der Waals surface area contributed by atoms with Gasteiger partial charge in [-0.3, -0.25) is 0 Å². The van der Waals surface area contributed by atoms with E-state index in [1.807, 2.05) is 23.5 Å². The Labute approximate surface area is 362 Å². The number of anilines is 9. The molecule has 0 aliphatic carbocycles. The van der Waals surface area contributed by atoms with Crippen LogP contribution in [-0.4, -0.2) is 0 Å². The van der Waals surface area contributed by atoms with E-state index in [9.17, 15) is 0 Å². The maximum Gasteiger partial charge on any atom is 0.196 e. The normalized spacial score (nSPS) is 11.3. The smallest absolute Gasteiger partial charge is 0.196 e. The largest absolute Gasteiger partial charge is 0.310 e. The lowest BCUT2D eigenvalue weighted by atomic mass is 10.0. The number of rotatable bonds is 9. The van der Waals surface area contributed by atoms with Gasteiger partial charge in [0, 0.05) is 85.8 Å². The molecule has 0 N–H and O–H groups in total. The third-order valence-corrected chi connectivity index (χ3v) is 13.4. The van der Waals surface area contributed by atoms with Gasteiger partial charge in [-0.05, 0) is 109 Å². The quantitative estimate of drug-likeness (QED) is 0.135. The number of fused-ring (bicyclic) bond motifs is 6. The lowest BCUT2D eigenvalue weighted by Gasteiger charge is -2.30. The highest BCUT2D eigenvalue weighted by atomic mass is 32.1. The Morgan fingerprint density at radius 3 is 1.34 bits per heavy atom. The first-order valence-electron chi connectivity index (χ1n) is 20.2. The zero-order valence-corrected chi connectivity index (χ0v) is 34.5. The molecule has 2 heterocycles. The van der Waals surface area contributed by atoms with E-state index in [4.69, 9.17) is 6.57 Å². The van der Waals surface area contributed by atoms with Gasteiger partial charge >= 0.3 is 0 Å². The van der Waals surface area contributed by atoms with E-state index in [1.165, 1.54) is 20.2 Å². The Hall–Kier alpha value is -7.69. The summed E-state index contributed by atoms with van der Waals surface area (Å²) in [5.74, 6) is 0. The van der Waals surface area contributed by atoms with Gasteiger partial charge in [0.05, 0.1) is 12.3 Å². The average molecular weight is 817 g/mol. The summed E-state index contributed by atoms with van der Waals surface area (Å²) < 4.78 is 4.68. The molecule has 0 amide bonds. The topological polar surface area (TPSA) is 14.1 Å². The van der Waals surface area contributed by atoms with Crippen LogP contribution in [-0.2, 0) is 0 Å². The molecule has 0 atom stereocenters. The van der Waals surface area contributed by atoms with Crippen LogP contribution in [0.2, 0.25) is 0 Å². The van der Waals surface area contributed by atoms with Crippen molar-refractivity contribution < 1.29 is 0 Å². The van der Waals surface area contributed by atoms with Crippen LogP contribution in [0, 0.1) is 6.57 Å². The van der Waals surface area contributed by atoms with Crippen molar-refractivity contribution in [2.75, 3.05) is 14.7 Å². The first-order chi connectivity index (χ1) is 30.2. The number of benzene rings is 9. The Balaban J connectivity index is 1.12. The van der Waals surface area contributed by atoms with Crippen LogP contribution >= 0.6 is 22.7 Å². The fourth-order valence-electron chi connectivity index (χ4n) is 8.53. The van der Waals surface area contributed by atoms with Gasteiger partial charge in [0.2, 0.25) is 0 Å². The fourth-order valence-corrected chi connectivity index (χ4v) is 10.8. The van der Waals surface area contributed by atoms with Gasteiger partial charge in [-0.2, -0.15) is 0 Å². The van der Waals surface area contributed by atoms with Crippen molar-refractivity contribution in [3.63, 3.8) is 0 Å². The van der Waals surface area contributed by atoms with Crippen LogP contribution in [0.5, 0.6) is 0 Å². The number of hydrogen-bond acceptors (Lipinski definition) is 5. The van der Waals surface area contributed by atoms with E-state index in [1.54, 1.807) is 11.3 Å². The summed E-state index contributed by atoms with van der Waals surface area (Å²) >= 11 is 3.57. The molecule has 11 rings (SSSR count). The minimum absolute atomic E-state index is 0.660. The lowest BCUT2D eigenvalue weighted by molar-refractivity contribution is 1.27. The van der Waals surface area contributed by atoms with Gasteiger partial charge in [-0.25, -0.2) is 4.85 Å². The molecule has 0 saturated heterocycles. The molecule has 4 nitrogen and oxygen atoms in total. The second-order valence-corrected chi connectivity index (χ2v) is 17.0. The number of hydrogen-bond donors (Lipinski definition) is 0. The third-order valence-electron chi connectivity index (χ3n) is 11.2. The highest BCUT2D eigenvalue weighted by Gasteiger charge is 2.24. The summed E-state index contributed by atoms with van der Waals surface area (Å²) in [5.41, 5.74) is 10.3. The second kappa shape index (κ2) is 15.5. The van der Waals surface area contributed by atoms with E-state index in [0.717, 1.165) is 71.4 Å². The zero-order chi connectivity index (χ0) is 40.7. The molecule has 0 radical (unpaired) electrons. The van der Waals surface area contributed by atoms with Crippen LogP contribution in [0.3, 0.4) is 0 Å². The van der Waals surface area contributed by atoms with Gasteiger partial charge in [-0.1, -0.05) is 109 Å². The molecule has 0 aliphatic rings. The number of para-hydroxylation sites is 5. The van der Waals surface area contributed by atoms with Crippen LogP contribution in [0.4, 0.5) is 56.9 Å². The predicted molar refractivity (Wildman–Crippen MR) is 263 cm³/mol. The van der Waals surface area contributed by atoms with Crippen molar-refractivity contribution in [1.29, 1.82) is 0 Å².